The Morgan fingerprint density at radius 1 is 1.06 bits per heavy atom. The topological polar surface area (TPSA) is 98.8 Å². The van der Waals surface area contributed by atoms with Crippen molar-refractivity contribution >= 4 is 21.8 Å². The van der Waals surface area contributed by atoms with Gasteiger partial charge in [-0.05, 0) is 80.6 Å². The second-order valence-electron chi connectivity index (χ2n) is 7.76. The number of carbonyl (C=O) groups is 2. The SMILES string of the molecule is Cc1cc(C)c(C(=O)COC(=O)c2ccc(S(=O)(=O)NCC3CCCO3)cc2)cc1C. The molecule has 0 spiro atoms. The third-order valence-electron chi connectivity index (χ3n) is 5.40. The lowest BCUT2D eigenvalue weighted by Gasteiger charge is -2.12. The smallest absolute Gasteiger partial charge is 0.338 e. The predicted octanol–water partition coefficient (Wildman–Crippen LogP) is 3.11. The molecule has 1 N–H and O–H groups in total. The number of benzene rings is 2. The Balaban J connectivity index is 1.58. The molecule has 1 heterocycles. The van der Waals surface area contributed by atoms with Crippen LogP contribution < -0.4 is 4.72 Å². The Kier molecular flexibility index (Phi) is 7.25. The van der Waals surface area contributed by atoms with Crippen molar-refractivity contribution in [2.24, 2.45) is 0 Å². The van der Waals surface area contributed by atoms with E-state index in [9.17, 15) is 18.0 Å². The molecule has 31 heavy (non-hydrogen) atoms. The summed E-state index contributed by atoms with van der Waals surface area (Å²) in [6, 6.07) is 9.14. The summed E-state index contributed by atoms with van der Waals surface area (Å²) in [5.41, 5.74) is 3.60. The van der Waals surface area contributed by atoms with Crippen molar-refractivity contribution in [2.75, 3.05) is 19.8 Å². The number of aryl methyl sites for hydroxylation is 3. The molecule has 1 unspecified atom stereocenters. The maximum Gasteiger partial charge on any atom is 0.338 e. The fourth-order valence-electron chi connectivity index (χ4n) is 3.41. The van der Waals surface area contributed by atoms with Crippen molar-refractivity contribution in [1.82, 2.24) is 4.72 Å². The Morgan fingerprint density at radius 3 is 2.39 bits per heavy atom. The van der Waals surface area contributed by atoms with Crippen molar-refractivity contribution < 1.29 is 27.5 Å². The van der Waals surface area contributed by atoms with Crippen LogP contribution in [-0.2, 0) is 19.5 Å². The van der Waals surface area contributed by atoms with Gasteiger partial charge in [0, 0.05) is 18.7 Å². The number of ketones is 1. The minimum Gasteiger partial charge on any atom is -0.454 e. The van der Waals surface area contributed by atoms with Crippen LogP contribution in [0.1, 0.15) is 50.2 Å². The van der Waals surface area contributed by atoms with Crippen LogP contribution >= 0.6 is 0 Å². The zero-order valence-corrected chi connectivity index (χ0v) is 18.8. The molecule has 8 heteroatoms. The van der Waals surface area contributed by atoms with Crippen molar-refractivity contribution in [2.45, 2.75) is 44.6 Å². The maximum absolute atomic E-state index is 12.5. The highest BCUT2D eigenvalue weighted by Crippen LogP contribution is 2.17. The van der Waals surface area contributed by atoms with Crippen LogP contribution in [0.4, 0.5) is 0 Å². The lowest BCUT2D eigenvalue weighted by molar-refractivity contribution is 0.0474. The van der Waals surface area contributed by atoms with Gasteiger partial charge < -0.3 is 9.47 Å². The second kappa shape index (κ2) is 9.72. The molecular weight excluding hydrogens is 418 g/mol. The first-order valence-corrected chi connectivity index (χ1v) is 11.6. The van der Waals surface area contributed by atoms with Crippen molar-refractivity contribution in [3.8, 4) is 0 Å². The molecule has 166 valence electrons. The fourth-order valence-corrected chi connectivity index (χ4v) is 4.48. The number of Topliss-reactive ketones (excluding diaryl/α,β-unsaturated/α-hetero) is 1. The Hall–Kier alpha value is -2.55. The molecular formula is C23H27NO6S. The van der Waals surface area contributed by atoms with E-state index < -0.39 is 16.0 Å². The zero-order valence-electron chi connectivity index (χ0n) is 17.9. The zero-order chi connectivity index (χ0) is 22.6. The number of sulfonamides is 1. The third kappa shape index (κ3) is 5.78. The van der Waals surface area contributed by atoms with Crippen LogP contribution in [0.5, 0.6) is 0 Å². The quantitative estimate of drug-likeness (QED) is 0.495. The number of carbonyl (C=O) groups excluding carboxylic acids is 2. The van der Waals surface area contributed by atoms with Crippen LogP contribution in [0.25, 0.3) is 0 Å². The van der Waals surface area contributed by atoms with E-state index in [0.717, 1.165) is 29.5 Å². The first-order chi connectivity index (χ1) is 14.7. The number of hydrogen-bond donors (Lipinski definition) is 1. The van der Waals surface area contributed by atoms with E-state index >= 15 is 0 Å². The van der Waals surface area contributed by atoms with E-state index in [0.29, 0.717) is 12.2 Å². The summed E-state index contributed by atoms with van der Waals surface area (Å²) in [4.78, 5) is 24.8. The maximum atomic E-state index is 12.5. The van der Waals surface area contributed by atoms with E-state index in [1.165, 1.54) is 24.3 Å². The highest BCUT2D eigenvalue weighted by molar-refractivity contribution is 7.89. The molecule has 2 aromatic carbocycles. The molecule has 1 aliphatic rings. The fraction of sp³-hybridized carbons (Fsp3) is 0.391. The molecule has 0 bridgehead atoms. The minimum atomic E-state index is -3.70. The largest absolute Gasteiger partial charge is 0.454 e. The van der Waals surface area contributed by atoms with Gasteiger partial charge in [0.1, 0.15) is 0 Å². The van der Waals surface area contributed by atoms with Crippen LogP contribution in [0.15, 0.2) is 41.3 Å². The normalized spacial score (nSPS) is 16.3. The number of hydrogen-bond acceptors (Lipinski definition) is 6. The van der Waals surface area contributed by atoms with Gasteiger partial charge in [0.05, 0.1) is 16.6 Å². The molecule has 0 amide bonds. The lowest BCUT2D eigenvalue weighted by Crippen LogP contribution is -2.31. The Bertz CT molecular complexity index is 1070. The molecule has 1 saturated heterocycles. The summed E-state index contributed by atoms with van der Waals surface area (Å²) in [5.74, 6) is -0.974. The Labute approximate surface area is 182 Å². The van der Waals surface area contributed by atoms with E-state index in [4.69, 9.17) is 9.47 Å². The van der Waals surface area contributed by atoms with E-state index in [1.54, 1.807) is 6.07 Å². The summed E-state index contributed by atoms with van der Waals surface area (Å²) in [6.45, 7) is 6.21. The summed E-state index contributed by atoms with van der Waals surface area (Å²) in [6.07, 6.45) is 1.64. The van der Waals surface area contributed by atoms with Gasteiger partial charge in [-0.25, -0.2) is 17.9 Å². The summed E-state index contributed by atoms with van der Waals surface area (Å²) in [5, 5.41) is 0. The van der Waals surface area contributed by atoms with Gasteiger partial charge in [-0.1, -0.05) is 6.07 Å². The molecule has 0 radical (unpaired) electrons. The van der Waals surface area contributed by atoms with Crippen molar-refractivity contribution in [1.29, 1.82) is 0 Å². The van der Waals surface area contributed by atoms with E-state index in [-0.39, 0.29) is 35.5 Å². The highest BCUT2D eigenvalue weighted by Gasteiger charge is 2.21. The molecule has 0 aromatic heterocycles. The predicted molar refractivity (Wildman–Crippen MR) is 116 cm³/mol. The molecule has 7 nitrogen and oxygen atoms in total. The molecule has 0 aliphatic carbocycles. The van der Waals surface area contributed by atoms with Gasteiger partial charge >= 0.3 is 5.97 Å². The van der Waals surface area contributed by atoms with Crippen LogP contribution in [-0.4, -0.2) is 46.0 Å². The number of ether oxygens (including phenoxy) is 2. The molecule has 2 aromatic rings. The monoisotopic (exact) mass is 445 g/mol. The number of nitrogens with one attached hydrogen (secondary N) is 1. The average molecular weight is 446 g/mol. The van der Waals surface area contributed by atoms with Crippen molar-refractivity contribution in [3.05, 3.63) is 64.2 Å². The third-order valence-corrected chi connectivity index (χ3v) is 6.84. The average Bonchev–Trinajstić information content (AvgIpc) is 3.27. The number of esters is 1. The molecule has 0 saturated carbocycles. The van der Waals surface area contributed by atoms with Crippen LogP contribution in [0, 0.1) is 20.8 Å². The van der Waals surface area contributed by atoms with Crippen LogP contribution in [0.2, 0.25) is 0 Å². The molecule has 1 atom stereocenters. The molecule has 1 fully saturated rings. The van der Waals surface area contributed by atoms with Crippen LogP contribution in [0.3, 0.4) is 0 Å². The van der Waals surface area contributed by atoms with E-state index in [2.05, 4.69) is 4.72 Å². The van der Waals surface area contributed by atoms with Gasteiger partial charge in [-0.3, -0.25) is 4.79 Å². The summed E-state index contributed by atoms with van der Waals surface area (Å²) >= 11 is 0. The second-order valence-corrected chi connectivity index (χ2v) is 9.53. The van der Waals surface area contributed by atoms with Gasteiger partial charge in [-0.2, -0.15) is 0 Å². The Morgan fingerprint density at radius 2 is 1.74 bits per heavy atom. The van der Waals surface area contributed by atoms with Gasteiger partial charge in [0.2, 0.25) is 15.8 Å². The standard InChI is InChI=1S/C23H27NO6S/c1-15-11-17(3)21(12-16(15)2)22(25)14-30-23(26)18-6-8-20(9-7-18)31(27,28)24-13-19-5-4-10-29-19/h6-9,11-12,19,24H,4-5,10,13-14H2,1-3H3. The highest BCUT2D eigenvalue weighted by atomic mass is 32.2. The first kappa shape index (κ1) is 23.1. The van der Waals surface area contributed by atoms with E-state index in [1.807, 2.05) is 26.8 Å². The van der Waals surface area contributed by atoms with Gasteiger partial charge in [0.25, 0.3) is 0 Å². The summed E-state index contributed by atoms with van der Waals surface area (Å²) < 4.78 is 37.9. The lowest BCUT2D eigenvalue weighted by atomic mass is 9.98. The number of rotatable bonds is 8. The van der Waals surface area contributed by atoms with Gasteiger partial charge in [0.15, 0.2) is 6.61 Å². The van der Waals surface area contributed by atoms with Gasteiger partial charge in [-0.15, -0.1) is 0 Å². The summed E-state index contributed by atoms with van der Waals surface area (Å²) in [7, 11) is -3.70. The minimum absolute atomic E-state index is 0.0453. The first-order valence-electron chi connectivity index (χ1n) is 10.2. The molecule has 1 aliphatic heterocycles. The van der Waals surface area contributed by atoms with Crippen molar-refractivity contribution in [3.63, 3.8) is 0 Å². The molecule has 3 rings (SSSR count).